The first-order chi connectivity index (χ1) is 37.9. The average molecular weight is 1100 g/mol. The Hall–Kier alpha value is -5.21. The maximum Gasteiger partial charge on any atom is 0.310 e. The third-order valence-electron chi connectivity index (χ3n) is 15.7. The summed E-state index contributed by atoms with van der Waals surface area (Å²) in [5.74, 6) is 8.85. The number of ether oxygens (including phenoxy) is 1. The number of benzene rings is 6. The highest BCUT2D eigenvalue weighted by molar-refractivity contribution is 5.73. The lowest BCUT2D eigenvalue weighted by Gasteiger charge is -2.20. The van der Waals surface area contributed by atoms with E-state index in [1.807, 2.05) is 32.9 Å². The van der Waals surface area contributed by atoms with Gasteiger partial charge in [-0.1, -0.05) is 309 Å². The van der Waals surface area contributed by atoms with Gasteiger partial charge in [-0.05, 0) is 167 Å². The van der Waals surface area contributed by atoms with Crippen LogP contribution in [0.25, 0.3) is 0 Å². The molecule has 6 aromatic rings. The van der Waals surface area contributed by atoms with Gasteiger partial charge in [0, 0.05) is 0 Å². The summed E-state index contributed by atoms with van der Waals surface area (Å²) < 4.78 is 5.32. The molecule has 81 heavy (non-hydrogen) atoms. The molecule has 0 bridgehead atoms. The van der Waals surface area contributed by atoms with Gasteiger partial charge in [0.1, 0.15) is 5.60 Å². The zero-order valence-corrected chi connectivity index (χ0v) is 56.2. The zero-order chi connectivity index (χ0) is 61.4. The van der Waals surface area contributed by atoms with E-state index in [9.17, 15) is 4.79 Å². The largest absolute Gasteiger partial charge is 0.460 e. The Morgan fingerprint density at radius 2 is 0.506 bits per heavy atom. The quantitative estimate of drug-likeness (QED) is 0.0802. The molecule has 2 unspecified atom stereocenters. The standard InChI is InChI=1S/C17H26O2.2C15H24.2C11H16.C10H14/c1-12(2)13(3)15-9-7-14(8-10-15)11-16(18)19-17(4,5)6;2*1-11(2)10-14-6-8-15(9-7-14)13(5)12(3)4;2*1-9(2)10(3)11-7-5-4-6-8-11;1-9(2)8-10-6-4-3-5-7-10/h7-10,12-13H,11H2,1-6H3;2*6-9,11-13H,10H2,1-5H3;2*4-10H,1-3H3;3-7,9H,8H2,1-2H3/t;13-;;2*10-;/m.0.10./s1. The smallest absolute Gasteiger partial charge is 0.310 e. The third-order valence-corrected chi connectivity index (χ3v) is 15.7. The van der Waals surface area contributed by atoms with Gasteiger partial charge in [-0.2, -0.15) is 0 Å². The van der Waals surface area contributed by atoms with E-state index in [4.69, 9.17) is 4.74 Å². The lowest BCUT2D eigenvalue weighted by atomic mass is 9.89. The lowest BCUT2D eigenvalue weighted by molar-refractivity contribution is -0.153. The predicted molar refractivity (Wildman–Crippen MR) is 360 cm³/mol. The first-order valence-electron chi connectivity index (χ1n) is 31.5. The van der Waals surface area contributed by atoms with Crippen molar-refractivity contribution in [3.63, 3.8) is 0 Å². The molecule has 0 N–H and O–H groups in total. The predicted octanol–water partition coefficient (Wildman–Crippen LogP) is 23.4. The molecule has 0 saturated heterocycles. The van der Waals surface area contributed by atoms with E-state index in [0.29, 0.717) is 41.9 Å². The maximum atomic E-state index is 11.7. The molecule has 0 spiro atoms. The summed E-state index contributed by atoms with van der Waals surface area (Å²) in [5.41, 5.74) is 12.1. The minimum Gasteiger partial charge on any atom is -0.460 e. The van der Waals surface area contributed by atoms with Crippen molar-refractivity contribution in [3.05, 3.63) is 214 Å². The van der Waals surface area contributed by atoms with Crippen LogP contribution in [0.1, 0.15) is 246 Å². The van der Waals surface area contributed by atoms with E-state index in [0.717, 1.165) is 47.0 Å². The molecule has 0 radical (unpaired) electrons. The van der Waals surface area contributed by atoms with E-state index in [-0.39, 0.29) is 5.97 Å². The first-order valence-corrected chi connectivity index (χ1v) is 31.5. The lowest BCUT2D eigenvalue weighted by Crippen LogP contribution is -2.24. The van der Waals surface area contributed by atoms with Crippen LogP contribution >= 0.6 is 0 Å². The molecule has 0 saturated carbocycles. The van der Waals surface area contributed by atoms with E-state index < -0.39 is 5.60 Å². The molecular weight excluding hydrogens is 981 g/mol. The van der Waals surface area contributed by atoms with E-state index in [1.165, 1.54) is 63.8 Å². The van der Waals surface area contributed by atoms with Gasteiger partial charge >= 0.3 is 5.97 Å². The van der Waals surface area contributed by atoms with Crippen LogP contribution in [0.5, 0.6) is 0 Å². The van der Waals surface area contributed by atoms with Gasteiger partial charge in [-0.25, -0.2) is 0 Å². The minimum absolute atomic E-state index is 0.169. The van der Waals surface area contributed by atoms with Crippen molar-refractivity contribution >= 4 is 5.97 Å². The number of rotatable bonds is 18. The van der Waals surface area contributed by atoms with Crippen LogP contribution in [0.4, 0.5) is 0 Å². The van der Waals surface area contributed by atoms with Gasteiger partial charge in [-0.15, -0.1) is 0 Å². The van der Waals surface area contributed by atoms with Gasteiger partial charge in [0.25, 0.3) is 0 Å². The number of carbonyl (C=O) groups excluding carboxylic acids is 1. The second-order valence-corrected chi connectivity index (χ2v) is 27.3. The van der Waals surface area contributed by atoms with Gasteiger partial charge in [0.15, 0.2) is 0 Å². The van der Waals surface area contributed by atoms with Crippen LogP contribution in [0.2, 0.25) is 0 Å². The summed E-state index contributed by atoms with van der Waals surface area (Å²) in [6, 6.07) is 58.6. The SMILES string of the molecule is CC(C)C(C)c1ccc(CC(=O)OC(C)(C)C)cc1.CC(C)Cc1ccc(C(C)C(C)C)cc1.CC(C)Cc1ccc([C@@H](C)C(C)C)cc1.CC(C)Cc1ccccc1.CC(C)[C@@H](C)c1ccccc1.CC(C)[C@H](C)c1ccccc1. The van der Waals surface area contributed by atoms with Gasteiger partial charge in [0.05, 0.1) is 6.42 Å². The molecular formula is C79H120O2. The van der Waals surface area contributed by atoms with E-state index in [1.54, 1.807) is 0 Å². The second-order valence-electron chi connectivity index (χ2n) is 27.3. The van der Waals surface area contributed by atoms with Crippen LogP contribution in [0.15, 0.2) is 164 Å². The van der Waals surface area contributed by atoms with Gasteiger partial charge < -0.3 is 4.74 Å². The summed E-state index contributed by atoms with van der Waals surface area (Å²) in [6.45, 7) is 53.2. The van der Waals surface area contributed by atoms with Crippen molar-refractivity contribution in [2.45, 2.75) is 227 Å². The van der Waals surface area contributed by atoms with E-state index in [2.05, 4.69) is 297 Å². The van der Waals surface area contributed by atoms with Crippen molar-refractivity contribution in [2.75, 3.05) is 0 Å². The topological polar surface area (TPSA) is 26.3 Å². The van der Waals surface area contributed by atoms with Gasteiger partial charge in [-0.3, -0.25) is 4.79 Å². The Morgan fingerprint density at radius 3 is 0.728 bits per heavy atom. The van der Waals surface area contributed by atoms with Crippen LogP contribution in [0.3, 0.4) is 0 Å². The highest BCUT2D eigenvalue weighted by Crippen LogP contribution is 2.28. The molecule has 2 nitrogen and oxygen atoms in total. The summed E-state index contributed by atoms with van der Waals surface area (Å²) in [5, 5.41) is 0. The Kier molecular flexibility index (Phi) is 35.8. The molecule has 6 rings (SSSR count). The van der Waals surface area contributed by atoms with E-state index >= 15 is 0 Å². The molecule has 0 aliphatic carbocycles. The molecule has 6 aromatic carbocycles. The molecule has 5 atom stereocenters. The zero-order valence-electron chi connectivity index (χ0n) is 56.2. The fourth-order valence-corrected chi connectivity index (χ4v) is 8.86. The summed E-state index contributed by atoms with van der Waals surface area (Å²) in [7, 11) is 0. The monoisotopic (exact) mass is 1100 g/mol. The highest BCUT2D eigenvalue weighted by Gasteiger charge is 2.17. The average Bonchev–Trinajstić information content (AvgIpc) is 3.42. The number of hydrogen-bond acceptors (Lipinski definition) is 2. The van der Waals surface area contributed by atoms with Crippen molar-refractivity contribution in [2.24, 2.45) is 47.3 Å². The molecule has 0 fully saturated rings. The minimum atomic E-state index is -0.414. The highest BCUT2D eigenvalue weighted by atomic mass is 16.6. The molecule has 0 amide bonds. The molecule has 0 aliphatic rings. The summed E-state index contributed by atoms with van der Waals surface area (Å²) in [4.78, 5) is 11.7. The van der Waals surface area contributed by atoms with Gasteiger partial charge in [0.2, 0.25) is 0 Å². The molecule has 0 heterocycles. The van der Waals surface area contributed by atoms with Crippen molar-refractivity contribution in [3.8, 4) is 0 Å². The molecule has 0 aromatic heterocycles. The molecule has 448 valence electrons. The Labute approximate surface area is 501 Å². The van der Waals surface area contributed by atoms with Crippen LogP contribution in [-0.4, -0.2) is 11.6 Å². The fourth-order valence-electron chi connectivity index (χ4n) is 8.86. The summed E-state index contributed by atoms with van der Waals surface area (Å²) in [6.07, 6.45) is 3.92. The Bertz CT molecular complexity index is 2340. The normalized spacial score (nSPS) is 13.1. The van der Waals surface area contributed by atoms with Crippen LogP contribution < -0.4 is 0 Å². The number of esters is 1. The van der Waals surface area contributed by atoms with Crippen molar-refractivity contribution in [1.29, 1.82) is 0 Å². The summed E-state index contributed by atoms with van der Waals surface area (Å²) >= 11 is 0. The third kappa shape index (κ3) is 32.9. The second kappa shape index (κ2) is 39.3. The number of hydrogen-bond donors (Lipinski definition) is 0. The maximum absolute atomic E-state index is 11.7. The number of carbonyl (C=O) groups is 1. The van der Waals surface area contributed by atoms with Crippen LogP contribution in [-0.2, 0) is 35.2 Å². The Balaban J connectivity index is 0.000000493. The Morgan fingerprint density at radius 1 is 0.296 bits per heavy atom. The fraction of sp³-hybridized carbons (Fsp3) is 0.532. The first kappa shape index (κ1) is 73.8. The molecule has 2 heteroatoms. The van der Waals surface area contributed by atoms with Crippen molar-refractivity contribution in [1.82, 2.24) is 0 Å². The molecule has 0 aliphatic heterocycles. The van der Waals surface area contributed by atoms with Crippen LogP contribution in [0, 0.1) is 47.3 Å². The van der Waals surface area contributed by atoms with Crippen molar-refractivity contribution < 1.29 is 9.53 Å².